The van der Waals surface area contributed by atoms with Crippen LogP contribution in [0, 0.1) is 10.1 Å². The van der Waals surface area contributed by atoms with Gasteiger partial charge in [-0.2, -0.15) is 13.2 Å². The summed E-state index contributed by atoms with van der Waals surface area (Å²) in [7, 11) is 0. The number of nitro benzene ring substituents is 1. The maximum atomic E-state index is 12.7. The van der Waals surface area contributed by atoms with Crippen LogP contribution >= 0.6 is 0 Å². The predicted octanol–water partition coefficient (Wildman–Crippen LogP) is 3.86. The molecule has 0 aliphatic carbocycles. The lowest BCUT2D eigenvalue weighted by molar-refractivity contribution is -0.388. The molecular formula is C13H9F3N2O2. The summed E-state index contributed by atoms with van der Waals surface area (Å²) in [6.45, 7) is 0. The van der Waals surface area contributed by atoms with Gasteiger partial charge in [0.25, 0.3) is 5.69 Å². The van der Waals surface area contributed by atoms with Crippen LogP contribution < -0.4 is 5.73 Å². The van der Waals surface area contributed by atoms with Gasteiger partial charge in [-0.05, 0) is 29.3 Å². The molecule has 104 valence electrons. The van der Waals surface area contributed by atoms with Crippen LogP contribution in [0.15, 0.2) is 42.5 Å². The van der Waals surface area contributed by atoms with Crippen LogP contribution in [0.4, 0.5) is 24.5 Å². The molecule has 2 N–H and O–H groups in total. The lowest BCUT2D eigenvalue weighted by atomic mass is 10.0. The zero-order valence-corrected chi connectivity index (χ0v) is 10.0. The first-order chi connectivity index (χ1) is 9.29. The molecule has 0 bridgehead atoms. The molecule has 0 radical (unpaired) electrons. The summed E-state index contributed by atoms with van der Waals surface area (Å²) >= 11 is 0. The Morgan fingerprint density at radius 2 is 1.55 bits per heavy atom. The number of rotatable bonds is 2. The lowest BCUT2D eigenvalue weighted by Gasteiger charge is -2.09. The zero-order valence-electron chi connectivity index (χ0n) is 10.0. The quantitative estimate of drug-likeness (QED) is 0.516. The van der Waals surface area contributed by atoms with Crippen LogP contribution in [0.25, 0.3) is 11.1 Å². The summed E-state index contributed by atoms with van der Waals surface area (Å²) in [6, 6.07) is 9.13. The van der Waals surface area contributed by atoms with E-state index in [2.05, 4.69) is 0 Å². The van der Waals surface area contributed by atoms with Gasteiger partial charge in [-0.25, -0.2) is 0 Å². The molecular weight excluding hydrogens is 273 g/mol. The Labute approximate surface area is 111 Å². The second kappa shape index (κ2) is 4.84. The van der Waals surface area contributed by atoms with Crippen molar-refractivity contribution in [1.82, 2.24) is 0 Å². The van der Waals surface area contributed by atoms with E-state index in [9.17, 15) is 23.3 Å². The minimum Gasteiger partial charge on any atom is -0.399 e. The molecule has 2 aromatic rings. The average molecular weight is 282 g/mol. The van der Waals surface area contributed by atoms with Crippen LogP contribution in [-0.4, -0.2) is 4.92 Å². The highest BCUT2D eigenvalue weighted by Crippen LogP contribution is 2.38. The van der Waals surface area contributed by atoms with Gasteiger partial charge in [0, 0.05) is 11.8 Å². The molecule has 0 aliphatic heterocycles. The number of benzene rings is 2. The van der Waals surface area contributed by atoms with Crippen LogP contribution in [0.5, 0.6) is 0 Å². The number of nitrogens with zero attached hydrogens (tertiary/aromatic N) is 1. The highest BCUT2D eigenvalue weighted by atomic mass is 19.4. The third-order valence-corrected chi connectivity index (χ3v) is 2.74. The van der Waals surface area contributed by atoms with Gasteiger partial charge in [-0.15, -0.1) is 0 Å². The first kappa shape index (κ1) is 13.9. The Balaban J connectivity index is 2.56. The van der Waals surface area contributed by atoms with Gasteiger partial charge in [0.05, 0.1) is 4.92 Å². The molecule has 2 aromatic carbocycles. The molecule has 0 fully saturated rings. The maximum Gasteiger partial charge on any atom is 0.422 e. The molecule has 0 heterocycles. The Kier molecular flexibility index (Phi) is 3.35. The number of halogens is 3. The Hall–Kier alpha value is -2.57. The fourth-order valence-electron chi connectivity index (χ4n) is 1.78. The summed E-state index contributed by atoms with van der Waals surface area (Å²) in [5.74, 6) is 0. The summed E-state index contributed by atoms with van der Waals surface area (Å²) in [5.41, 5.74) is 4.65. The molecule has 2 rings (SSSR count). The van der Waals surface area contributed by atoms with Crippen LogP contribution in [0.1, 0.15) is 5.56 Å². The zero-order chi connectivity index (χ0) is 14.9. The molecule has 0 amide bonds. The smallest absolute Gasteiger partial charge is 0.399 e. The van der Waals surface area contributed by atoms with Crippen molar-refractivity contribution in [2.24, 2.45) is 0 Å². The fourth-order valence-corrected chi connectivity index (χ4v) is 1.78. The third kappa shape index (κ3) is 2.71. The SMILES string of the molecule is Nc1ccc(-c2ccc(C(F)(F)F)c([N+](=O)[O-])c2)cc1. The van der Waals surface area contributed by atoms with Crippen molar-refractivity contribution in [3.05, 3.63) is 58.1 Å². The summed E-state index contributed by atoms with van der Waals surface area (Å²) in [5, 5.41) is 10.8. The van der Waals surface area contributed by atoms with Crippen molar-refractivity contribution in [1.29, 1.82) is 0 Å². The molecule has 20 heavy (non-hydrogen) atoms. The van der Waals surface area contributed by atoms with Gasteiger partial charge >= 0.3 is 6.18 Å². The molecule has 0 aromatic heterocycles. The van der Waals surface area contributed by atoms with Gasteiger partial charge in [-0.3, -0.25) is 10.1 Å². The third-order valence-electron chi connectivity index (χ3n) is 2.74. The second-order valence-electron chi connectivity index (χ2n) is 4.11. The molecule has 4 nitrogen and oxygen atoms in total. The highest BCUT2D eigenvalue weighted by Gasteiger charge is 2.38. The van der Waals surface area contributed by atoms with Crippen molar-refractivity contribution < 1.29 is 18.1 Å². The Bertz CT molecular complexity index is 652. The molecule has 0 unspecified atom stereocenters. The van der Waals surface area contributed by atoms with E-state index in [0.29, 0.717) is 22.9 Å². The first-order valence-electron chi connectivity index (χ1n) is 5.50. The van der Waals surface area contributed by atoms with Gasteiger partial charge < -0.3 is 5.73 Å². The molecule has 0 aliphatic rings. The van der Waals surface area contributed by atoms with Gasteiger partial charge in [0.15, 0.2) is 0 Å². The highest BCUT2D eigenvalue weighted by molar-refractivity contribution is 5.69. The van der Waals surface area contributed by atoms with E-state index < -0.39 is 22.4 Å². The van der Waals surface area contributed by atoms with Crippen LogP contribution in [0.2, 0.25) is 0 Å². The second-order valence-corrected chi connectivity index (χ2v) is 4.11. The number of hydrogen-bond acceptors (Lipinski definition) is 3. The average Bonchev–Trinajstić information content (AvgIpc) is 2.37. The van der Waals surface area contributed by atoms with E-state index in [0.717, 1.165) is 6.07 Å². The fraction of sp³-hybridized carbons (Fsp3) is 0.0769. The number of nitrogen functional groups attached to an aromatic ring is 1. The van der Waals surface area contributed by atoms with E-state index in [1.165, 1.54) is 6.07 Å². The lowest BCUT2D eigenvalue weighted by Crippen LogP contribution is -2.08. The summed E-state index contributed by atoms with van der Waals surface area (Å²) in [4.78, 5) is 9.75. The van der Waals surface area contributed by atoms with Gasteiger partial charge in [0.1, 0.15) is 5.56 Å². The monoisotopic (exact) mass is 282 g/mol. The molecule has 0 atom stereocenters. The maximum absolute atomic E-state index is 12.7. The molecule has 0 saturated heterocycles. The van der Waals surface area contributed by atoms with Crippen molar-refractivity contribution in [3.63, 3.8) is 0 Å². The minimum absolute atomic E-state index is 0.324. The Morgan fingerprint density at radius 1 is 1.00 bits per heavy atom. The van der Waals surface area contributed by atoms with Gasteiger partial charge in [-0.1, -0.05) is 18.2 Å². The summed E-state index contributed by atoms with van der Waals surface area (Å²) < 4.78 is 38.0. The van der Waals surface area contributed by atoms with Crippen molar-refractivity contribution in [2.75, 3.05) is 5.73 Å². The van der Waals surface area contributed by atoms with Crippen molar-refractivity contribution >= 4 is 11.4 Å². The standard InChI is InChI=1S/C13H9F3N2O2/c14-13(15,16)11-6-3-9(7-12(11)18(19)20)8-1-4-10(17)5-2-8/h1-7H,17H2. The van der Waals surface area contributed by atoms with E-state index >= 15 is 0 Å². The van der Waals surface area contributed by atoms with E-state index in [4.69, 9.17) is 5.73 Å². The number of hydrogen-bond donors (Lipinski definition) is 1. The number of nitro groups is 1. The molecule has 7 heteroatoms. The van der Waals surface area contributed by atoms with E-state index in [1.54, 1.807) is 24.3 Å². The van der Waals surface area contributed by atoms with Crippen LogP contribution in [-0.2, 0) is 6.18 Å². The van der Waals surface area contributed by atoms with Crippen molar-refractivity contribution in [3.8, 4) is 11.1 Å². The number of alkyl halides is 3. The normalized spacial score (nSPS) is 11.3. The molecule has 0 saturated carbocycles. The first-order valence-corrected chi connectivity index (χ1v) is 5.50. The number of nitrogens with two attached hydrogens (primary N) is 1. The molecule has 0 spiro atoms. The van der Waals surface area contributed by atoms with Crippen molar-refractivity contribution in [2.45, 2.75) is 6.18 Å². The largest absolute Gasteiger partial charge is 0.422 e. The van der Waals surface area contributed by atoms with E-state index in [1.807, 2.05) is 0 Å². The van der Waals surface area contributed by atoms with E-state index in [-0.39, 0.29) is 0 Å². The number of anilines is 1. The van der Waals surface area contributed by atoms with Gasteiger partial charge in [0.2, 0.25) is 0 Å². The predicted molar refractivity (Wildman–Crippen MR) is 67.9 cm³/mol. The summed E-state index contributed by atoms with van der Waals surface area (Å²) in [6.07, 6.45) is -4.76. The minimum atomic E-state index is -4.76. The van der Waals surface area contributed by atoms with Crippen LogP contribution in [0.3, 0.4) is 0 Å². The Morgan fingerprint density at radius 3 is 2.05 bits per heavy atom. The topological polar surface area (TPSA) is 69.2 Å².